The monoisotopic (exact) mass is 252 g/mol. The van der Waals surface area contributed by atoms with Gasteiger partial charge in [0.25, 0.3) is 0 Å². The molecule has 18 heavy (non-hydrogen) atoms. The van der Waals surface area contributed by atoms with E-state index in [-0.39, 0.29) is 5.97 Å². The Morgan fingerprint density at radius 3 is 2.61 bits per heavy atom. The summed E-state index contributed by atoms with van der Waals surface area (Å²) < 4.78 is 15.3. The van der Waals surface area contributed by atoms with E-state index in [4.69, 9.17) is 14.2 Å². The number of benzene rings is 1. The van der Waals surface area contributed by atoms with Crippen LogP contribution < -0.4 is 9.47 Å². The average Bonchev–Trinajstić information content (AvgIpc) is 2.39. The number of carbonyl (C=O) groups excluding carboxylic acids is 1. The summed E-state index contributed by atoms with van der Waals surface area (Å²) in [5, 5.41) is 0. The minimum Gasteiger partial charge on any atom is -0.497 e. The van der Waals surface area contributed by atoms with E-state index in [1.165, 1.54) is 0 Å². The first-order chi connectivity index (χ1) is 8.71. The second-order valence-electron chi connectivity index (χ2n) is 3.84. The van der Waals surface area contributed by atoms with Gasteiger partial charge in [-0.2, -0.15) is 0 Å². The molecule has 0 heterocycles. The van der Waals surface area contributed by atoms with E-state index < -0.39 is 0 Å². The van der Waals surface area contributed by atoms with E-state index in [0.717, 1.165) is 29.9 Å². The predicted octanol–water partition coefficient (Wildman–Crippen LogP) is 2.59. The largest absolute Gasteiger partial charge is 0.497 e. The van der Waals surface area contributed by atoms with Crippen molar-refractivity contribution < 1.29 is 19.0 Å². The Morgan fingerprint density at radius 2 is 2.00 bits per heavy atom. The third-order valence-electron chi connectivity index (χ3n) is 2.62. The van der Waals surface area contributed by atoms with E-state index in [1.54, 1.807) is 14.2 Å². The third kappa shape index (κ3) is 4.28. The quantitative estimate of drug-likeness (QED) is 0.700. The fourth-order valence-corrected chi connectivity index (χ4v) is 1.73. The molecule has 100 valence electrons. The van der Waals surface area contributed by atoms with Gasteiger partial charge in [-0.15, -0.1) is 0 Å². The first-order valence-electron chi connectivity index (χ1n) is 6.07. The second kappa shape index (κ2) is 7.58. The highest BCUT2D eigenvalue weighted by atomic mass is 16.5. The number of carbonyl (C=O) groups is 1. The summed E-state index contributed by atoms with van der Waals surface area (Å²) >= 11 is 0. The van der Waals surface area contributed by atoms with Gasteiger partial charge in [0, 0.05) is 6.42 Å². The van der Waals surface area contributed by atoms with Crippen LogP contribution in [0.25, 0.3) is 0 Å². The van der Waals surface area contributed by atoms with Crippen LogP contribution in [-0.2, 0) is 16.0 Å². The zero-order valence-corrected chi connectivity index (χ0v) is 11.2. The maximum atomic E-state index is 11.2. The molecule has 0 unspecified atom stereocenters. The molecule has 0 amide bonds. The molecule has 0 spiro atoms. The molecule has 0 aliphatic rings. The average molecular weight is 252 g/mol. The maximum absolute atomic E-state index is 11.2. The summed E-state index contributed by atoms with van der Waals surface area (Å²) in [5.41, 5.74) is 1.04. The molecule has 1 rings (SSSR count). The number of rotatable bonds is 7. The van der Waals surface area contributed by atoms with Crippen molar-refractivity contribution in [2.45, 2.75) is 26.2 Å². The van der Waals surface area contributed by atoms with Crippen molar-refractivity contribution in [3.05, 3.63) is 23.8 Å². The van der Waals surface area contributed by atoms with Crippen LogP contribution in [0, 0.1) is 0 Å². The number of esters is 1. The molecule has 0 aromatic heterocycles. The zero-order chi connectivity index (χ0) is 13.4. The highest BCUT2D eigenvalue weighted by Crippen LogP contribution is 2.25. The van der Waals surface area contributed by atoms with Gasteiger partial charge in [0.2, 0.25) is 0 Å². The van der Waals surface area contributed by atoms with Gasteiger partial charge in [-0.25, -0.2) is 0 Å². The molecule has 0 aliphatic heterocycles. The number of hydrogen-bond acceptors (Lipinski definition) is 4. The Bertz CT molecular complexity index is 387. The van der Waals surface area contributed by atoms with Crippen molar-refractivity contribution in [3.8, 4) is 11.5 Å². The molecular weight excluding hydrogens is 232 g/mol. The van der Waals surface area contributed by atoms with Crippen molar-refractivity contribution >= 4 is 5.97 Å². The van der Waals surface area contributed by atoms with E-state index >= 15 is 0 Å². The molecule has 0 aliphatic carbocycles. The molecule has 0 N–H and O–H groups in total. The summed E-state index contributed by atoms with van der Waals surface area (Å²) in [6.07, 6.45) is 1.93. The van der Waals surface area contributed by atoms with Crippen LogP contribution in [-0.4, -0.2) is 26.8 Å². The first kappa shape index (κ1) is 14.4. The predicted molar refractivity (Wildman–Crippen MR) is 69.1 cm³/mol. The third-order valence-corrected chi connectivity index (χ3v) is 2.62. The first-order valence-corrected chi connectivity index (χ1v) is 6.07. The molecule has 0 bridgehead atoms. The molecule has 1 aromatic carbocycles. The number of ether oxygens (including phenoxy) is 3. The molecule has 0 radical (unpaired) electrons. The Morgan fingerprint density at radius 1 is 1.22 bits per heavy atom. The van der Waals surface area contributed by atoms with Crippen molar-refractivity contribution in [3.63, 3.8) is 0 Å². The molecule has 4 heteroatoms. The number of hydrogen-bond donors (Lipinski definition) is 0. The van der Waals surface area contributed by atoms with Gasteiger partial charge in [-0.3, -0.25) is 4.79 Å². The SMILES string of the molecule is CCOC(=O)CCCc1cc(OC)ccc1OC. The standard InChI is InChI=1S/C14H20O4/c1-4-18-14(15)7-5-6-11-10-12(16-2)8-9-13(11)17-3/h8-10H,4-7H2,1-3H3. The number of aryl methyl sites for hydroxylation is 1. The van der Waals surface area contributed by atoms with Crippen molar-refractivity contribution in [1.82, 2.24) is 0 Å². The summed E-state index contributed by atoms with van der Waals surface area (Å²) in [6.45, 7) is 2.24. The summed E-state index contributed by atoms with van der Waals surface area (Å²) in [7, 11) is 3.26. The van der Waals surface area contributed by atoms with Crippen LogP contribution in [0.15, 0.2) is 18.2 Å². The van der Waals surface area contributed by atoms with Crippen molar-refractivity contribution in [1.29, 1.82) is 0 Å². The fourth-order valence-electron chi connectivity index (χ4n) is 1.73. The lowest BCUT2D eigenvalue weighted by atomic mass is 10.1. The van der Waals surface area contributed by atoms with Crippen LogP contribution in [0.4, 0.5) is 0 Å². The van der Waals surface area contributed by atoms with Crippen molar-refractivity contribution in [2.75, 3.05) is 20.8 Å². The summed E-state index contributed by atoms with van der Waals surface area (Å²) in [6, 6.07) is 5.66. The summed E-state index contributed by atoms with van der Waals surface area (Å²) in [5.74, 6) is 1.46. The highest BCUT2D eigenvalue weighted by molar-refractivity contribution is 5.69. The molecule has 4 nitrogen and oxygen atoms in total. The Kier molecular flexibility index (Phi) is 6.05. The smallest absolute Gasteiger partial charge is 0.305 e. The van der Waals surface area contributed by atoms with Crippen LogP contribution in [0.2, 0.25) is 0 Å². The lowest BCUT2D eigenvalue weighted by Crippen LogP contribution is -2.04. The van der Waals surface area contributed by atoms with Gasteiger partial charge in [0.1, 0.15) is 11.5 Å². The Labute approximate surface area is 108 Å². The lowest BCUT2D eigenvalue weighted by Gasteiger charge is -2.10. The van der Waals surface area contributed by atoms with Gasteiger partial charge in [0.05, 0.1) is 20.8 Å². The van der Waals surface area contributed by atoms with Gasteiger partial charge in [-0.1, -0.05) is 0 Å². The topological polar surface area (TPSA) is 44.8 Å². The van der Waals surface area contributed by atoms with E-state index in [1.807, 2.05) is 25.1 Å². The highest BCUT2D eigenvalue weighted by Gasteiger charge is 2.07. The van der Waals surface area contributed by atoms with E-state index in [2.05, 4.69) is 0 Å². The summed E-state index contributed by atoms with van der Waals surface area (Å²) in [4.78, 5) is 11.2. The van der Waals surface area contributed by atoms with E-state index in [0.29, 0.717) is 13.0 Å². The molecule has 0 atom stereocenters. The Hall–Kier alpha value is -1.71. The van der Waals surface area contributed by atoms with Gasteiger partial charge in [0.15, 0.2) is 0 Å². The van der Waals surface area contributed by atoms with Crippen LogP contribution in [0.1, 0.15) is 25.3 Å². The fraction of sp³-hybridized carbons (Fsp3) is 0.500. The zero-order valence-electron chi connectivity index (χ0n) is 11.2. The van der Waals surface area contributed by atoms with Crippen LogP contribution in [0.3, 0.4) is 0 Å². The minimum atomic E-state index is -0.153. The van der Waals surface area contributed by atoms with Gasteiger partial charge >= 0.3 is 5.97 Å². The van der Waals surface area contributed by atoms with E-state index in [9.17, 15) is 4.79 Å². The minimum absolute atomic E-state index is 0.153. The molecular formula is C14H20O4. The molecule has 0 fully saturated rings. The second-order valence-corrected chi connectivity index (χ2v) is 3.84. The lowest BCUT2D eigenvalue weighted by molar-refractivity contribution is -0.143. The normalized spacial score (nSPS) is 9.94. The van der Waals surface area contributed by atoms with Crippen LogP contribution in [0.5, 0.6) is 11.5 Å². The van der Waals surface area contributed by atoms with Gasteiger partial charge < -0.3 is 14.2 Å². The maximum Gasteiger partial charge on any atom is 0.305 e. The number of methoxy groups -OCH3 is 2. The Balaban J connectivity index is 2.57. The molecule has 0 saturated heterocycles. The van der Waals surface area contributed by atoms with Gasteiger partial charge in [-0.05, 0) is 43.5 Å². The van der Waals surface area contributed by atoms with Crippen LogP contribution >= 0.6 is 0 Å². The molecule has 0 saturated carbocycles. The van der Waals surface area contributed by atoms with Crippen molar-refractivity contribution in [2.24, 2.45) is 0 Å². The molecule has 1 aromatic rings.